The van der Waals surface area contributed by atoms with E-state index in [1.807, 2.05) is 55.6 Å². The summed E-state index contributed by atoms with van der Waals surface area (Å²) in [7, 11) is 5.07. The van der Waals surface area contributed by atoms with Crippen LogP contribution >= 0.6 is 11.8 Å². The molecule has 0 spiro atoms. The standard InChI is InChI=1S/C26H33FN2O5S/c1-26(2,27)23-22(33-15-17-8-12-19(31-5)13-9-17)21(20-24(34-23)35-25(28-3)29-20)32-14-16-6-10-18(30-4)11-7-16/h6-13,20-24H,14-15H2,1-5H3,(H,28,29)/t20-,21?,22+,23+,24-/m1/s1. The van der Waals surface area contributed by atoms with Gasteiger partial charge in [0, 0.05) is 7.05 Å². The Balaban J connectivity index is 1.58. The molecule has 0 bridgehead atoms. The molecule has 2 aliphatic heterocycles. The van der Waals surface area contributed by atoms with Crippen molar-refractivity contribution in [3.63, 3.8) is 0 Å². The number of hydrogen-bond acceptors (Lipinski definition) is 8. The van der Waals surface area contributed by atoms with Crippen LogP contribution in [0.2, 0.25) is 0 Å². The summed E-state index contributed by atoms with van der Waals surface area (Å²) in [4.78, 5) is 4.77. The van der Waals surface area contributed by atoms with Gasteiger partial charge in [-0.1, -0.05) is 36.0 Å². The van der Waals surface area contributed by atoms with Gasteiger partial charge in [-0.2, -0.15) is 0 Å². The molecular formula is C26H33FN2O5S. The van der Waals surface area contributed by atoms with Crippen molar-refractivity contribution in [3.8, 4) is 11.5 Å². The lowest BCUT2D eigenvalue weighted by Crippen LogP contribution is -2.61. The number of rotatable bonds is 9. The Kier molecular flexibility index (Phi) is 8.21. The number of benzene rings is 2. The topological polar surface area (TPSA) is 70.5 Å². The molecule has 0 aliphatic carbocycles. The zero-order chi connectivity index (χ0) is 25.0. The van der Waals surface area contributed by atoms with Gasteiger partial charge >= 0.3 is 0 Å². The number of ether oxygens (including phenoxy) is 5. The highest BCUT2D eigenvalue weighted by atomic mass is 32.2. The first kappa shape index (κ1) is 25.8. The van der Waals surface area contributed by atoms with Crippen LogP contribution in [-0.2, 0) is 27.4 Å². The summed E-state index contributed by atoms with van der Waals surface area (Å²) in [6.45, 7) is 3.64. The lowest BCUT2D eigenvalue weighted by Gasteiger charge is -2.45. The molecule has 2 aromatic rings. The number of nitrogens with zero attached hydrogens (tertiary/aromatic N) is 1. The van der Waals surface area contributed by atoms with Crippen LogP contribution in [0.25, 0.3) is 0 Å². The van der Waals surface area contributed by atoms with E-state index in [0.717, 1.165) is 27.8 Å². The van der Waals surface area contributed by atoms with Gasteiger partial charge in [0.15, 0.2) is 5.17 Å². The highest BCUT2D eigenvalue weighted by molar-refractivity contribution is 8.14. The lowest BCUT2D eigenvalue weighted by molar-refractivity contribution is -0.225. The molecule has 7 nitrogen and oxygen atoms in total. The van der Waals surface area contributed by atoms with E-state index in [4.69, 9.17) is 28.7 Å². The SMILES string of the molecule is CNC1=N[C@@H]2C(OCc3ccc(OC)cc3)[C@H](OCc3ccc(OC)cc3)[C@@H](C(C)(C)F)O[C@@H]2S1. The number of nitrogens with one attached hydrogen (secondary N) is 1. The van der Waals surface area contributed by atoms with Gasteiger partial charge in [-0.05, 0) is 49.2 Å². The Morgan fingerprint density at radius 1 is 0.914 bits per heavy atom. The van der Waals surface area contributed by atoms with Gasteiger partial charge in [0.2, 0.25) is 0 Å². The van der Waals surface area contributed by atoms with Crippen molar-refractivity contribution in [1.29, 1.82) is 0 Å². The van der Waals surface area contributed by atoms with Crippen LogP contribution in [-0.4, -0.2) is 61.9 Å². The normalized spacial score (nSPS) is 26.1. The Hall–Kier alpha value is -2.33. The highest BCUT2D eigenvalue weighted by Gasteiger charge is 2.55. The smallest absolute Gasteiger partial charge is 0.159 e. The maximum absolute atomic E-state index is 15.5. The van der Waals surface area contributed by atoms with Crippen LogP contribution in [0.4, 0.5) is 4.39 Å². The fourth-order valence-electron chi connectivity index (χ4n) is 4.21. The van der Waals surface area contributed by atoms with Crippen LogP contribution in [0.5, 0.6) is 11.5 Å². The third-order valence-corrected chi connectivity index (χ3v) is 7.26. The van der Waals surface area contributed by atoms with Crippen molar-refractivity contribution in [3.05, 3.63) is 59.7 Å². The number of alkyl halides is 1. The van der Waals surface area contributed by atoms with Crippen molar-refractivity contribution < 1.29 is 28.1 Å². The van der Waals surface area contributed by atoms with Crippen LogP contribution in [0.1, 0.15) is 25.0 Å². The molecule has 2 aliphatic rings. The van der Waals surface area contributed by atoms with Gasteiger partial charge in [0.1, 0.15) is 47.0 Å². The summed E-state index contributed by atoms with van der Waals surface area (Å²) in [5.74, 6) is 1.54. The van der Waals surface area contributed by atoms with Crippen molar-refractivity contribution in [1.82, 2.24) is 5.32 Å². The van der Waals surface area contributed by atoms with Gasteiger partial charge in [0.25, 0.3) is 0 Å². The molecule has 1 N–H and O–H groups in total. The predicted octanol–water partition coefficient (Wildman–Crippen LogP) is 4.34. The molecule has 5 atom stereocenters. The second-order valence-corrected chi connectivity index (χ2v) is 10.1. The zero-order valence-corrected chi connectivity index (χ0v) is 21.5. The maximum Gasteiger partial charge on any atom is 0.159 e. The summed E-state index contributed by atoms with van der Waals surface area (Å²) in [5, 5.41) is 3.82. The Labute approximate surface area is 210 Å². The monoisotopic (exact) mass is 504 g/mol. The fourth-order valence-corrected chi connectivity index (χ4v) is 5.26. The molecule has 1 saturated heterocycles. The number of amidine groups is 1. The van der Waals surface area contributed by atoms with E-state index in [-0.39, 0.29) is 18.1 Å². The molecular weight excluding hydrogens is 471 g/mol. The molecule has 1 unspecified atom stereocenters. The molecule has 35 heavy (non-hydrogen) atoms. The molecule has 0 aromatic heterocycles. The van der Waals surface area contributed by atoms with Crippen LogP contribution in [0.15, 0.2) is 53.5 Å². The van der Waals surface area contributed by atoms with E-state index in [9.17, 15) is 0 Å². The second-order valence-electron chi connectivity index (χ2n) is 9.03. The minimum Gasteiger partial charge on any atom is -0.497 e. The lowest BCUT2D eigenvalue weighted by atomic mass is 9.89. The molecule has 0 amide bonds. The van der Waals surface area contributed by atoms with Crippen molar-refractivity contribution >= 4 is 16.9 Å². The van der Waals surface area contributed by atoms with Gasteiger partial charge < -0.3 is 29.0 Å². The molecule has 0 radical (unpaired) electrons. The second kappa shape index (κ2) is 11.2. The van der Waals surface area contributed by atoms with Crippen molar-refractivity contribution in [2.24, 2.45) is 4.99 Å². The highest BCUT2D eigenvalue weighted by Crippen LogP contribution is 2.42. The Morgan fingerprint density at radius 3 is 1.89 bits per heavy atom. The van der Waals surface area contributed by atoms with E-state index < -0.39 is 24.0 Å². The summed E-state index contributed by atoms with van der Waals surface area (Å²) >= 11 is 1.45. The van der Waals surface area contributed by atoms with E-state index >= 15 is 4.39 Å². The average Bonchev–Trinajstić information content (AvgIpc) is 3.29. The minimum atomic E-state index is -1.65. The first-order valence-corrected chi connectivity index (χ1v) is 12.5. The molecule has 2 heterocycles. The molecule has 1 fully saturated rings. The predicted molar refractivity (Wildman–Crippen MR) is 135 cm³/mol. The number of hydrogen-bond donors (Lipinski definition) is 1. The molecule has 190 valence electrons. The quantitative estimate of drug-likeness (QED) is 0.545. The number of halogens is 1. The van der Waals surface area contributed by atoms with Crippen LogP contribution in [0, 0.1) is 0 Å². The van der Waals surface area contributed by atoms with E-state index in [1.165, 1.54) is 25.6 Å². The zero-order valence-electron chi connectivity index (χ0n) is 20.7. The third-order valence-electron chi connectivity index (χ3n) is 6.11. The number of aliphatic imine (C=N–C) groups is 1. The van der Waals surface area contributed by atoms with Crippen molar-refractivity contribution in [2.45, 2.75) is 62.5 Å². The summed E-state index contributed by atoms with van der Waals surface area (Å²) < 4.78 is 45.0. The van der Waals surface area contributed by atoms with Crippen LogP contribution < -0.4 is 14.8 Å². The van der Waals surface area contributed by atoms with E-state index in [1.54, 1.807) is 14.2 Å². The van der Waals surface area contributed by atoms with Gasteiger partial charge in [-0.25, -0.2) is 4.39 Å². The molecule has 2 aromatic carbocycles. The fraction of sp³-hybridized carbons (Fsp3) is 0.500. The molecule has 0 saturated carbocycles. The largest absolute Gasteiger partial charge is 0.497 e. The average molecular weight is 505 g/mol. The van der Waals surface area contributed by atoms with Crippen LogP contribution in [0.3, 0.4) is 0 Å². The molecule has 4 rings (SSSR count). The third kappa shape index (κ3) is 6.09. The van der Waals surface area contributed by atoms with Gasteiger partial charge in [-0.15, -0.1) is 0 Å². The summed E-state index contributed by atoms with van der Waals surface area (Å²) in [6.07, 6.45) is -2.01. The van der Waals surface area contributed by atoms with E-state index in [2.05, 4.69) is 5.32 Å². The number of fused-ring (bicyclic) bond motifs is 1. The number of methoxy groups -OCH3 is 2. The van der Waals surface area contributed by atoms with Gasteiger partial charge in [0.05, 0.1) is 27.4 Å². The maximum atomic E-state index is 15.5. The minimum absolute atomic E-state index is 0.278. The number of thioether (sulfide) groups is 1. The summed E-state index contributed by atoms with van der Waals surface area (Å²) in [6, 6.07) is 14.9. The Bertz CT molecular complexity index is 996. The molecule has 9 heteroatoms. The first-order valence-electron chi connectivity index (χ1n) is 11.6. The Morgan fingerprint density at radius 2 is 1.43 bits per heavy atom. The van der Waals surface area contributed by atoms with Crippen molar-refractivity contribution in [2.75, 3.05) is 21.3 Å². The van der Waals surface area contributed by atoms with E-state index in [0.29, 0.717) is 6.61 Å². The van der Waals surface area contributed by atoms with Gasteiger partial charge in [-0.3, -0.25) is 4.99 Å². The summed E-state index contributed by atoms with van der Waals surface area (Å²) in [5.41, 5.74) is -0.0980. The first-order chi connectivity index (χ1) is 16.8.